The summed E-state index contributed by atoms with van der Waals surface area (Å²) in [5.74, 6) is 2.79. The lowest BCUT2D eigenvalue weighted by Gasteiger charge is -2.31. The maximum absolute atomic E-state index is 14.3. The second kappa shape index (κ2) is 10.8. The van der Waals surface area contributed by atoms with Crippen molar-refractivity contribution < 1.29 is 19.0 Å². The molecule has 0 spiro atoms. The summed E-state index contributed by atoms with van der Waals surface area (Å²) < 4.78 is 20.5. The summed E-state index contributed by atoms with van der Waals surface area (Å²) in [6.07, 6.45) is 2.03. The van der Waals surface area contributed by atoms with Crippen molar-refractivity contribution in [3.8, 4) is 28.8 Å². The highest BCUT2D eigenvalue weighted by Gasteiger charge is 2.36. The van der Waals surface area contributed by atoms with Gasteiger partial charge in [0.2, 0.25) is 0 Å². The van der Waals surface area contributed by atoms with Crippen LogP contribution in [0.15, 0.2) is 91.1 Å². The van der Waals surface area contributed by atoms with Gasteiger partial charge in [0.1, 0.15) is 23.1 Å². The number of nitrogens with one attached hydrogen (secondary N) is 1. The molecule has 0 unspecified atom stereocenters. The summed E-state index contributed by atoms with van der Waals surface area (Å²) in [6.45, 7) is 2.31. The highest BCUT2D eigenvalue weighted by molar-refractivity contribution is 5.92. The normalized spacial score (nSPS) is 14.0. The van der Waals surface area contributed by atoms with E-state index in [0.29, 0.717) is 23.7 Å². The number of methoxy groups -OCH3 is 3. The van der Waals surface area contributed by atoms with Crippen LogP contribution >= 0.6 is 0 Å². The van der Waals surface area contributed by atoms with Crippen molar-refractivity contribution in [1.82, 2.24) is 19.2 Å². The number of nitrogens with zero attached hydrogens (tertiary/aromatic N) is 4. The number of rotatable bonds is 6. The van der Waals surface area contributed by atoms with Gasteiger partial charge in [-0.15, -0.1) is 0 Å². The lowest BCUT2D eigenvalue weighted by molar-refractivity contribution is 0.194. The minimum atomic E-state index is -0.413. The van der Waals surface area contributed by atoms with Crippen LogP contribution in [0.3, 0.4) is 0 Å². The van der Waals surface area contributed by atoms with Crippen molar-refractivity contribution in [1.29, 1.82) is 0 Å². The molecule has 9 nitrogen and oxygen atoms in total. The van der Waals surface area contributed by atoms with Crippen LogP contribution in [-0.4, -0.2) is 46.6 Å². The van der Waals surface area contributed by atoms with Gasteiger partial charge in [-0.3, -0.25) is 0 Å². The quantitative estimate of drug-likeness (QED) is 0.275. The second-order valence-electron chi connectivity index (χ2n) is 9.74. The molecule has 0 aliphatic carbocycles. The lowest BCUT2D eigenvalue weighted by atomic mass is 10.0. The van der Waals surface area contributed by atoms with Crippen LogP contribution in [0, 0.1) is 6.92 Å². The molecule has 208 valence electrons. The zero-order valence-electron chi connectivity index (χ0n) is 23.4. The van der Waals surface area contributed by atoms with Crippen LogP contribution in [0.25, 0.3) is 11.5 Å². The molecule has 5 aromatic rings. The van der Waals surface area contributed by atoms with Crippen molar-refractivity contribution in [2.75, 3.05) is 26.6 Å². The van der Waals surface area contributed by atoms with E-state index in [-0.39, 0.29) is 6.03 Å². The Kier molecular flexibility index (Phi) is 6.84. The van der Waals surface area contributed by atoms with Crippen molar-refractivity contribution >= 4 is 11.7 Å². The second-order valence-corrected chi connectivity index (χ2v) is 9.74. The van der Waals surface area contributed by atoms with Crippen molar-refractivity contribution in [2.24, 2.45) is 0 Å². The fourth-order valence-electron chi connectivity index (χ4n) is 5.38. The number of fused-ring (bicyclic) bond motifs is 3. The summed E-state index contributed by atoms with van der Waals surface area (Å²) in [7, 11) is 4.80. The highest BCUT2D eigenvalue weighted by atomic mass is 16.5. The van der Waals surface area contributed by atoms with E-state index in [4.69, 9.17) is 19.3 Å². The number of hydrogen-bond donors (Lipinski definition) is 1. The molecule has 0 radical (unpaired) electrons. The molecule has 6 rings (SSSR count). The molecule has 0 fully saturated rings. The molecule has 3 heterocycles. The Hall–Kier alpha value is -5.18. The van der Waals surface area contributed by atoms with Crippen LogP contribution in [0.1, 0.15) is 28.6 Å². The Labute approximate surface area is 238 Å². The van der Waals surface area contributed by atoms with Gasteiger partial charge in [-0.1, -0.05) is 30.3 Å². The number of carbonyl (C=O) groups excluding carboxylic acids is 1. The number of aryl methyl sites for hydroxylation is 1. The van der Waals surface area contributed by atoms with Gasteiger partial charge in [0.15, 0.2) is 0 Å². The average molecular weight is 550 g/mol. The average Bonchev–Trinajstić information content (AvgIpc) is 3.57. The number of ether oxygens (including phenoxy) is 3. The molecule has 41 heavy (non-hydrogen) atoms. The van der Waals surface area contributed by atoms with Crippen molar-refractivity contribution in [2.45, 2.75) is 19.5 Å². The van der Waals surface area contributed by atoms with Gasteiger partial charge in [-0.05, 0) is 61.0 Å². The molecule has 1 N–H and O–H groups in total. The Morgan fingerprint density at radius 3 is 2.32 bits per heavy atom. The fraction of sp³-hybridized carbons (Fsp3) is 0.188. The third-order valence-corrected chi connectivity index (χ3v) is 7.43. The molecule has 0 saturated heterocycles. The van der Waals surface area contributed by atoms with E-state index in [0.717, 1.165) is 39.8 Å². The number of hydrogen-bond acceptors (Lipinski definition) is 5. The van der Waals surface area contributed by atoms with Crippen LogP contribution in [0.4, 0.5) is 10.5 Å². The van der Waals surface area contributed by atoms with Crippen molar-refractivity contribution in [3.05, 3.63) is 114 Å². The van der Waals surface area contributed by atoms with Crippen LogP contribution in [0.5, 0.6) is 17.2 Å². The van der Waals surface area contributed by atoms with Crippen LogP contribution in [-0.2, 0) is 6.54 Å². The van der Waals surface area contributed by atoms with Gasteiger partial charge >= 0.3 is 6.03 Å². The monoisotopic (exact) mass is 549 g/mol. The Balaban J connectivity index is 1.52. The largest absolute Gasteiger partial charge is 0.497 e. The third kappa shape index (κ3) is 4.65. The predicted molar refractivity (Wildman–Crippen MR) is 157 cm³/mol. The van der Waals surface area contributed by atoms with Gasteiger partial charge in [0.05, 0.1) is 56.7 Å². The van der Waals surface area contributed by atoms with Gasteiger partial charge in [-0.2, -0.15) is 5.10 Å². The molecule has 2 aromatic heterocycles. The van der Waals surface area contributed by atoms with E-state index >= 15 is 0 Å². The van der Waals surface area contributed by atoms with Gasteiger partial charge < -0.3 is 29.0 Å². The molecular weight excluding hydrogens is 518 g/mol. The Morgan fingerprint density at radius 1 is 0.878 bits per heavy atom. The first-order valence-corrected chi connectivity index (χ1v) is 13.3. The molecule has 1 aliphatic heterocycles. The Bertz CT molecular complexity index is 1690. The smallest absolute Gasteiger partial charge is 0.323 e. The Morgan fingerprint density at radius 2 is 1.61 bits per heavy atom. The summed E-state index contributed by atoms with van der Waals surface area (Å²) in [5, 5.41) is 8.00. The first-order valence-electron chi connectivity index (χ1n) is 13.3. The predicted octanol–water partition coefficient (Wildman–Crippen LogP) is 6.13. The van der Waals surface area contributed by atoms with Gasteiger partial charge in [-0.25, -0.2) is 9.48 Å². The highest BCUT2D eigenvalue weighted by Crippen LogP contribution is 2.39. The third-order valence-electron chi connectivity index (χ3n) is 7.43. The SMILES string of the molecule is COc1ccc([C@H]2c3cccn3-c3c(c(C)nn3-c3ccccc3)CN2C(=O)Nc2cc(OC)ccc2OC)cc1. The summed E-state index contributed by atoms with van der Waals surface area (Å²) >= 11 is 0. The number of amides is 2. The van der Waals surface area contributed by atoms with E-state index in [1.54, 1.807) is 39.5 Å². The van der Waals surface area contributed by atoms with E-state index in [9.17, 15) is 4.79 Å². The van der Waals surface area contributed by atoms with E-state index in [1.165, 1.54) is 0 Å². The molecule has 0 bridgehead atoms. The standard InChI is InChI=1S/C32H31N5O4/c1-21-26-20-36(32(38)33-27-19-25(40-3)16-17-29(27)41-4)30(22-12-14-24(39-2)15-13-22)28-11-8-18-35(28)31(26)37(34-21)23-9-6-5-7-10-23/h5-19,30H,20H2,1-4H3,(H,33,38)/t30-/m0/s1. The van der Waals surface area contributed by atoms with Crippen LogP contribution < -0.4 is 19.5 Å². The van der Waals surface area contributed by atoms with Gasteiger partial charge in [0.25, 0.3) is 0 Å². The van der Waals surface area contributed by atoms with Gasteiger partial charge in [0, 0.05) is 17.8 Å². The van der Waals surface area contributed by atoms with Crippen molar-refractivity contribution in [3.63, 3.8) is 0 Å². The lowest BCUT2D eigenvalue weighted by Crippen LogP contribution is -2.38. The number of benzene rings is 3. The molecule has 0 saturated carbocycles. The number of carbonyl (C=O) groups is 1. The minimum Gasteiger partial charge on any atom is -0.497 e. The topological polar surface area (TPSA) is 82.8 Å². The molecule has 1 aliphatic rings. The maximum Gasteiger partial charge on any atom is 0.323 e. The number of aromatic nitrogens is 3. The summed E-state index contributed by atoms with van der Waals surface area (Å²) in [4.78, 5) is 16.1. The first-order chi connectivity index (χ1) is 20.0. The van der Waals surface area contributed by atoms with E-state index in [1.807, 2.05) is 89.4 Å². The molecule has 2 amide bonds. The molecular formula is C32H31N5O4. The minimum absolute atomic E-state index is 0.287. The zero-order chi connectivity index (χ0) is 28.5. The maximum atomic E-state index is 14.3. The summed E-state index contributed by atoms with van der Waals surface area (Å²) in [6, 6.07) is 26.5. The fourth-order valence-corrected chi connectivity index (χ4v) is 5.38. The molecule has 9 heteroatoms. The number of urea groups is 1. The first kappa shape index (κ1) is 26.1. The summed E-state index contributed by atoms with van der Waals surface area (Å²) in [5.41, 5.74) is 5.13. The number of anilines is 1. The van der Waals surface area contributed by atoms with E-state index in [2.05, 4.69) is 9.88 Å². The molecule has 1 atom stereocenters. The van der Waals surface area contributed by atoms with Crippen LogP contribution in [0.2, 0.25) is 0 Å². The number of para-hydroxylation sites is 1. The molecule has 3 aromatic carbocycles. The van der Waals surface area contributed by atoms with E-state index < -0.39 is 6.04 Å². The zero-order valence-corrected chi connectivity index (χ0v) is 23.4.